The van der Waals surface area contributed by atoms with Gasteiger partial charge in [-0.3, -0.25) is 4.79 Å². The second kappa shape index (κ2) is 7.60. The Kier molecular flexibility index (Phi) is 6.37. The van der Waals surface area contributed by atoms with Crippen LogP contribution in [-0.4, -0.2) is 75.7 Å². The number of carbonyl (C=O) groups is 1. The summed E-state index contributed by atoms with van der Waals surface area (Å²) in [5.41, 5.74) is 0. The first-order valence-corrected chi connectivity index (χ1v) is 5.89. The fourth-order valence-electron chi connectivity index (χ4n) is 1.78. The lowest BCUT2D eigenvalue weighted by molar-refractivity contribution is -0.124. The normalized spacial score (nSPS) is 18.6. The van der Waals surface area contributed by atoms with Crippen LogP contribution < -0.4 is 5.32 Å². The van der Waals surface area contributed by atoms with E-state index in [2.05, 4.69) is 22.2 Å². The van der Waals surface area contributed by atoms with Crippen molar-refractivity contribution in [3.63, 3.8) is 0 Å². The Morgan fingerprint density at radius 1 is 1.31 bits per heavy atom. The fourth-order valence-corrected chi connectivity index (χ4v) is 1.78. The topological polar surface area (TPSA) is 44.8 Å². The minimum absolute atomic E-state index is 0.0270. The molecule has 0 aromatic rings. The maximum atomic E-state index is 11.1. The van der Waals surface area contributed by atoms with E-state index in [0.717, 1.165) is 45.7 Å². The number of hydrogen-bond acceptors (Lipinski definition) is 4. The standard InChI is InChI=1S/C11H23N3O2/c1-13-6-8-14(9-7-13)5-3-4-12-11(15)10-16-2/h3-10H2,1-2H3,(H,12,15). The molecule has 0 unspecified atom stereocenters. The SMILES string of the molecule is COCC(=O)NCCCN1CCN(C)CC1. The van der Waals surface area contributed by atoms with Gasteiger partial charge in [-0.25, -0.2) is 0 Å². The van der Waals surface area contributed by atoms with Gasteiger partial charge in [-0.15, -0.1) is 0 Å². The van der Waals surface area contributed by atoms with E-state index < -0.39 is 0 Å². The van der Waals surface area contributed by atoms with E-state index in [9.17, 15) is 4.79 Å². The zero-order valence-electron chi connectivity index (χ0n) is 10.4. The first kappa shape index (κ1) is 13.4. The summed E-state index contributed by atoms with van der Waals surface area (Å²) in [7, 11) is 3.69. The van der Waals surface area contributed by atoms with Gasteiger partial charge < -0.3 is 19.9 Å². The molecule has 0 aromatic heterocycles. The van der Waals surface area contributed by atoms with Gasteiger partial charge in [-0.1, -0.05) is 0 Å². The second-order valence-corrected chi connectivity index (χ2v) is 4.28. The number of rotatable bonds is 6. The van der Waals surface area contributed by atoms with Crippen molar-refractivity contribution in [2.75, 3.05) is 60.0 Å². The van der Waals surface area contributed by atoms with Crippen LogP contribution >= 0.6 is 0 Å². The van der Waals surface area contributed by atoms with Crippen LogP contribution in [0.2, 0.25) is 0 Å². The molecule has 1 saturated heterocycles. The summed E-state index contributed by atoms with van der Waals surface area (Å²) in [6.07, 6.45) is 1.01. The number of nitrogens with one attached hydrogen (secondary N) is 1. The lowest BCUT2D eigenvalue weighted by atomic mass is 10.3. The molecule has 1 rings (SSSR count). The van der Waals surface area contributed by atoms with E-state index >= 15 is 0 Å². The zero-order valence-corrected chi connectivity index (χ0v) is 10.4. The minimum atomic E-state index is -0.0270. The number of hydrogen-bond donors (Lipinski definition) is 1. The molecule has 1 aliphatic rings. The number of amides is 1. The Hall–Kier alpha value is -0.650. The number of nitrogens with zero attached hydrogens (tertiary/aromatic N) is 2. The third-order valence-corrected chi connectivity index (χ3v) is 2.84. The van der Waals surface area contributed by atoms with E-state index in [-0.39, 0.29) is 12.5 Å². The van der Waals surface area contributed by atoms with Gasteiger partial charge in [0, 0.05) is 39.8 Å². The Morgan fingerprint density at radius 2 is 2.00 bits per heavy atom. The predicted octanol–water partition coefficient (Wildman–Crippen LogP) is -0.613. The number of piperazine rings is 1. The van der Waals surface area contributed by atoms with Gasteiger partial charge in [-0.05, 0) is 20.0 Å². The summed E-state index contributed by atoms with van der Waals surface area (Å²) in [6.45, 7) is 6.56. The van der Waals surface area contributed by atoms with Gasteiger partial charge >= 0.3 is 0 Å². The van der Waals surface area contributed by atoms with Crippen LogP contribution in [0.1, 0.15) is 6.42 Å². The van der Waals surface area contributed by atoms with Crippen molar-refractivity contribution in [3.05, 3.63) is 0 Å². The number of methoxy groups -OCH3 is 1. The molecule has 0 saturated carbocycles. The molecule has 0 aromatic carbocycles. The Labute approximate surface area is 97.7 Å². The summed E-state index contributed by atoms with van der Waals surface area (Å²) >= 11 is 0. The van der Waals surface area contributed by atoms with Gasteiger partial charge in [0.05, 0.1) is 0 Å². The maximum absolute atomic E-state index is 11.1. The molecule has 1 heterocycles. The smallest absolute Gasteiger partial charge is 0.245 e. The first-order chi connectivity index (χ1) is 7.72. The Morgan fingerprint density at radius 3 is 2.62 bits per heavy atom. The average Bonchev–Trinajstić information content (AvgIpc) is 2.27. The van der Waals surface area contributed by atoms with E-state index in [1.54, 1.807) is 0 Å². The molecule has 5 nitrogen and oxygen atoms in total. The molecular formula is C11H23N3O2. The summed E-state index contributed by atoms with van der Waals surface area (Å²) in [5.74, 6) is -0.0270. The number of carbonyl (C=O) groups excluding carboxylic acids is 1. The van der Waals surface area contributed by atoms with Crippen LogP contribution in [0.25, 0.3) is 0 Å². The summed E-state index contributed by atoms with van der Waals surface area (Å²) in [6, 6.07) is 0. The zero-order chi connectivity index (χ0) is 11.8. The molecule has 0 radical (unpaired) electrons. The van der Waals surface area contributed by atoms with Crippen molar-refractivity contribution in [1.82, 2.24) is 15.1 Å². The lowest BCUT2D eigenvalue weighted by Gasteiger charge is -2.32. The van der Waals surface area contributed by atoms with Crippen LogP contribution in [0.15, 0.2) is 0 Å². The molecule has 1 aliphatic heterocycles. The van der Waals surface area contributed by atoms with Gasteiger partial charge in [0.2, 0.25) is 5.91 Å². The Bertz CT molecular complexity index is 203. The van der Waals surface area contributed by atoms with Crippen LogP contribution in [0.5, 0.6) is 0 Å². The molecule has 5 heteroatoms. The molecule has 1 N–H and O–H groups in total. The molecule has 94 valence electrons. The van der Waals surface area contributed by atoms with E-state index in [1.165, 1.54) is 7.11 Å². The van der Waals surface area contributed by atoms with E-state index in [0.29, 0.717) is 0 Å². The minimum Gasteiger partial charge on any atom is -0.375 e. The van der Waals surface area contributed by atoms with Gasteiger partial charge in [0.25, 0.3) is 0 Å². The quantitative estimate of drug-likeness (QED) is 0.617. The molecule has 1 fully saturated rings. The molecule has 0 atom stereocenters. The highest BCUT2D eigenvalue weighted by Gasteiger charge is 2.12. The van der Waals surface area contributed by atoms with Crippen LogP contribution in [0.4, 0.5) is 0 Å². The summed E-state index contributed by atoms with van der Waals surface area (Å²) in [4.78, 5) is 15.9. The predicted molar refractivity (Wildman–Crippen MR) is 63.4 cm³/mol. The van der Waals surface area contributed by atoms with E-state index in [1.807, 2.05) is 0 Å². The highest BCUT2D eigenvalue weighted by molar-refractivity contribution is 5.77. The van der Waals surface area contributed by atoms with Gasteiger partial charge in [0.1, 0.15) is 6.61 Å². The van der Waals surface area contributed by atoms with Crippen molar-refractivity contribution >= 4 is 5.91 Å². The fraction of sp³-hybridized carbons (Fsp3) is 0.909. The number of ether oxygens (including phenoxy) is 1. The lowest BCUT2D eigenvalue weighted by Crippen LogP contribution is -2.45. The molecule has 0 spiro atoms. The van der Waals surface area contributed by atoms with Gasteiger partial charge in [-0.2, -0.15) is 0 Å². The summed E-state index contributed by atoms with van der Waals surface area (Å²) in [5, 5.41) is 2.83. The third-order valence-electron chi connectivity index (χ3n) is 2.84. The number of likely N-dealkylation sites (N-methyl/N-ethyl adjacent to an activating group) is 1. The molecular weight excluding hydrogens is 206 g/mol. The second-order valence-electron chi connectivity index (χ2n) is 4.28. The van der Waals surface area contributed by atoms with Crippen LogP contribution in [0, 0.1) is 0 Å². The largest absolute Gasteiger partial charge is 0.375 e. The first-order valence-electron chi connectivity index (χ1n) is 5.89. The van der Waals surface area contributed by atoms with Gasteiger partial charge in [0.15, 0.2) is 0 Å². The van der Waals surface area contributed by atoms with Crippen LogP contribution in [-0.2, 0) is 9.53 Å². The molecule has 16 heavy (non-hydrogen) atoms. The van der Waals surface area contributed by atoms with Crippen molar-refractivity contribution in [1.29, 1.82) is 0 Å². The summed E-state index contributed by atoms with van der Waals surface area (Å²) < 4.78 is 4.73. The highest BCUT2D eigenvalue weighted by atomic mass is 16.5. The maximum Gasteiger partial charge on any atom is 0.245 e. The van der Waals surface area contributed by atoms with E-state index in [4.69, 9.17) is 4.74 Å². The average molecular weight is 229 g/mol. The van der Waals surface area contributed by atoms with Crippen molar-refractivity contribution in [2.24, 2.45) is 0 Å². The monoisotopic (exact) mass is 229 g/mol. The highest BCUT2D eigenvalue weighted by Crippen LogP contribution is 1.99. The molecule has 0 aliphatic carbocycles. The molecule has 0 bridgehead atoms. The van der Waals surface area contributed by atoms with Crippen molar-refractivity contribution in [3.8, 4) is 0 Å². The Balaban J connectivity index is 1.97. The van der Waals surface area contributed by atoms with Crippen molar-refractivity contribution < 1.29 is 9.53 Å². The molecule has 1 amide bonds. The van der Waals surface area contributed by atoms with Crippen molar-refractivity contribution in [2.45, 2.75) is 6.42 Å². The third kappa shape index (κ3) is 5.44. The van der Waals surface area contributed by atoms with Crippen LogP contribution in [0.3, 0.4) is 0 Å².